The summed E-state index contributed by atoms with van der Waals surface area (Å²) in [6.45, 7) is 2.93. The smallest absolute Gasteiger partial charge is 0.0750 e. The lowest BCUT2D eigenvalue weighted by Crippen LogP contribution is -2.37. The Morgan fingerprint density at radius 3 is 3.06 bits per heavy atom. The second kappa shape index (κ2) is 4.80. The second-order valence-electron chi connectivity index (χ2n) is 4.21. The molecule has 0 spiro atoms. The van der Waals surface area contributed by atoms with Gasteiger partial charge in [-0.3, -0.25) is 4.98 Å². The highest BCUT2D eigenvalue weighted by atomic mass is 16.5. The summed E-state index contributed by atoms with van der Waals surface area (Å²) in [4.78, 5) is 6.21. The van der Waals surface area contributed by atoms with Gasteiger partial charge in [-0.15, -0.1) is 0 Å². The van der Waals surface area contributed by atoms with Crippen molar-refractivity contribution in [2.24, 2.45) is 0 Å². The molecule has 2 heterocycles. The summed E-state index contributed by atoms with van der Waals surface area (Å²) in [6, 6.07) is 2.32. The first-order valence-corrected chi connectivity index (χ1v) is 5.62. The Hall–Kier alpha value is -1.13. The Bertz CT molecular complexity index is 357. The van der Waals surface area contributed by atoms with E-state index in [1.54, 1.807) is 12.4 Å². The van der Waals surface area contributed by atoms with Crippen molar-refractivity contribution in [2.75, 3.05) is 18.6 Å². The fraction of sp³-hybridized carbons (Fsp3) is 0.583. The van der Waals surface area contributed by atoms with Crippen LogP contribution >= 0.6 is 0 Å². The van der Waals surface area contributed by atoms with Crippen molar-refractivity contribution >= 4 is 5.69 Å². The predicted molar refractivity (Wildman–Crippen MR) is 62.4 cm³/mol. The van der Waals surface area contributed by atoms with Crippen molar-refractivity contribution in [3.05, 3.63) is 24.0 Å². The number of nitrogens with zero attached hydrogens (tertiary/aromatic N) is 2. The molecule has 1 N–H and O–H groups in total. The van der Waals surface area contributed by atoms with Crippen molar-refractivity contribution in [1.29, 1.82) is 0 Å². The van der Waals surface area contributed by atoms with Gasteiger partial charge in [-0.1, -0.05) is 0 Å². The van der Waals surface area contributed by atoms with Gasteiger partial charge >= 0.3 is 0 Å². The zero-order valence-corrected chi connectivity index (χ0v) is 9.76. The van der Waals surface area contributed by atoms with E-state index in [1.165, 1.54) is 0 Å². The van der Waals surface area contributed by atoms with Crippen LogP contribution in [0.2, 0.25) is 0 Å². The first-order valence-electron chi connectivity index (χ1n) is 5.62. The lowest BCUT2D eigenvalue weighted by atomic mass is 10.1. The molecule has 88 valence electrons. The predicted octanol–water partition coefficient (Wildman–Crippen LogP) is 1.19. The zero-order valence-electron chi connectivity index (χ0n) is 9.76. The van der Waals surface area contributed by atoms with Gasteiger partial charge in [0, 0.05) is 37.3 Å². The second-order valence-corrected chi connectivity index (χ2v) is 4.21. The van der Waals surface area contributed by atoms with E-state index >= 15 is 0 Å². The molecular weight excluding hydrogens is 204 g/mol. The van der Waals surface area contributed by atoms with Crippen LogP contribution in [0.4, 0.5) is 5.69 Å². The molecule has 4 heteroatoms. The van der Waals surface area contributed by atoms with Gasteiger partial charge in [0.2, 0.25) is 0 Å². The minimum Gasteiger partial charge on any atom is -0.392 e. The van der Waals surface area contributed by atoms with Gasteiger partial charge in [0.1, 0.15) is 0 Å². The van der Waals surface area contributed by atoms with Crippen LogP contribution in [0, 0.1) is 0 Å². The maximum Gasteiger partial charge on any atom is 0.0750 e. The summed E-state index contributed by atoms with van der Waals surface area (Å²) < 4.78 is 5.56. The molecule has 1 aromatic rings. The average molecular weight is 222 g/mol. The maximum absolute atomic E-state index is 9.28. The number of aliphatic hydroxyl groups excluding tert-OH is 1. The molecule has 0 aliphatic carbocycles. The molecule has 4 nitrogen and oxygen atoms in total. The van der Waals surface area contributed by atoms with Crippen molar-refractivity contribution in [2.45, 2.75) is 32.1 Å². The van der Waals surface area contributed by atoms with E-state index in [-0.39, 0.29) is 12.7 Å². The molecule has 2 rings (SSSR count). The van der Waals surface area contributed by atoms with Crippen molar-refractivity contribution in [3.8, 4) is 0 Å². The molecule has 0 amide bonds. The van der Waals surface area contributed by atoms with Crippen molar-refractivity contribution < 1.29 is 9.84 Å². The molecular formula is C12H18N2O2. The molecule has 2 atom stereocenters. The highest BCUT2D eigenvalue weighted by Gasteiger charge is 2.28. The summed E-state index contributed by atoms with van der Waals surface area (Å²) in [5.74, 6) is 0. The quantitative estimate of drug-likeness (QED) is 0.834. The number of aliphatic hydroxyl groups is 1. The first kappa shape index (κ1) is 11.4. The Morgan fingerprint density at radius 2 is 2.44 bits per heavy atom. The van der Waals surface area contributed by atoms with E-state index in [0.29, 0.717) is 6.04 Å². The number of anilines is 1. The Balaban J connectivity index is 2.22. The molecule has 1 aromatic heterocycles. The Kier molecular flexibility index (Phi) is 3.41. The lowest BCUT2D eigenvalue weighted by Gasteiger charge is -2.30. The van der Waals surface area contributed by atoms with Crippen LogP contribution in [0.3, 0.4) is 0 Å². The highest BCUT2D eigenvalue weighted by Crippen LogP contribution is 2.26. The standard InChI is InChI=1S/C12H18N2O2/c1-9-11(4-6-16-9)14(2)12-3-5-13-7-10(12)8-15/h3,5,7,9,11,15H,4,6,8H2,1-2H3. The van der Waals surface area contributed by atoms with Crippen LogP contribution < -0.4 is 4.90 Å². The maximum atomic E-state index is 9.28. The number of ether oxygens (including phenoxy) is 1. The lowest BCUT2D eigenvalue weighted by molar-refractivity contribution is 0.118. The van der Waals surface area contributed by atoms with Crippen LogP contribution in [0.1, 0.15) is 18.9 Å². The molecule has 2 unspecified atom stereocenters. The molecule has 1 aliphatic heterocycles. The summed E-state index contributed by atoms with van der Waals surface area (Å²) in [7, 11) is 2.05. The first-order chi connectivity index (χ1) is 7.74. The summed E-state index contributed by atoms with van der Waals surface area (Å²) >= 11 is 0. The molecule has 16 heavy (non-hydrogen) atoms. The number of likely N-dealkylation sites (N-methyl/N-ethyl adjacent to an activating group) is 1. The van der Waals surface area contributed by atoms with Gasteiger partial charge < -0.3 is 14.7 Å². The normalized spacial score (nSPS) is 24.7. The third kappa shape index (κ3) is 2.03. The summed E-state index contributed by atoms with van der Waals surface area (Å²) in [6.07, 6.45) is 4.74. The topological polar surface area (TPSA) is 45.6 Å². The van der Waals surface area contributed by atoms with Crippen LogP contribution in [-0.2, 0) is 11.3 Å². The monoisotopic (exact) mass is 222 g/mol. The molecule has 0 bridgehead atoms. The third-order valence-corrected chi connectivity index (χ3v) is 3.26. The minimum absolute atomic E-state index is 0.0233. The van der Waals surface area contributed by atoms with Crippen molar-refractivity contribution in [1.82, 2.24) is 4.98 Å². The Morgan fingerprint density at radius 1 is 1.62 bits per heavy atom. The fourth-order valence-electron chi connectivity index (χ4n) is 2.29. The van der Waals surface area contributed by atoms with Gasteiger partial charge in [-0.25, -0.2) is 0 Å². The van der Waals surface area contributed by atoms with E-state index in [1.807, 2.05) is 13.1 Å². The SMILES string of the molecule is CC1OCCC1N(C)c1ccncc1CO. The number of hydrogen-bond donors (Lipinski definition) is 1. The van der Waals surface area contributed by atoms with E-state index in [9.17, 15) is 5.11 Å². The molecule has 1 fully saturated rings. The zero-order chi connectivity index (χ0) is 11.5. The number of pyridine rings is 1. The summed E-state index contributed by atoms with van der Waals surface area (Å²) in [5, 5.41) is 9.28. The fourth-order valence-corrected chi connectivity index (χ4v) is 2.29. The van der Waals surface area contributed by atoms with Gasteiger partial charge in [0.05, 0.1) is 18.8 Å². The molecule has 0 radical (unpaired) electrons. The molecule has 1 aliphatic rings. The van der Waals surface area contributed by atoms with E-state index in [4.69, 9.17) is 4.74 Å². The van der Waals surface area contributed by atoms with Crippen LogP contribution in [0.25, 0.3) is 0 Å². The number of rotatable bonds is 3. The van der Waals surface area contributed by atoms with Crippen molar-refractivity contribution in [3.63, 3.8) is 0 Å². The molecule has 0 aromatic carbocycles. The number of hydrogen-bond acceptors (Lipinski definition) is 4. The van der Waals surface area contributed by atoms with E-state index in [2.05, 4.69) is 16.8 Å². The van der Waals surface area contributed by atoms with Crippen LogP contribution in [0.15, 0.2) is 18.5 Å². The van der Waals surface area contributed by atoms with Gasteiger partial charge in [-0.05, 0) is 19.4 Å². The minimum atomic E-state index is 0.0233. The van der Waals surface area contributed by atoms with Crippen LogP contribution in [0.5, 0.6) is 0 Å². The molecule has 0 saturated carbocycles. The van der Waals surface area contributed by atoms with E-state index in [0.717, 1.165) is 24.3 Å². The largest absolute Gasteiger partial charge is 0.392 e. The average Bonchev–Trinajstić information content (AvgIpc) is 2.74. The Labute approximate surface area is 95.9 Å². The van der Waals surface area contributed by atoms with Crippen LogP contribution in [-0.4, -0.2) is 35.9 Å². The van der Waals surface area contributed by atoms with Gasteiger partial charge in [0.15, 0.2) is 0 Å². The number of aromatic nitrogens is 1. The van der Waals surface area contributed by atoms with Gasteiger partial charge in [-0.2, -0.15) is 0 Å². The highest BCUT2D eigenvalue weighted by molar-refractivity contribution is 5.52. The van der Waals surface area contributed by atoms with E-state index < -0.39 is 0 Å². The van der Waals surface area contributed by atoms with Gasteiger partial charge in [0.25, 0.3) is 0 Å². The third-order valence-electron chi connectivity index (χ3n) is 3.26. The molecule has 1 saturated heterocycles. The summed E-state index contributed by atoms with van der Waals surface area (Å²) in [5.41, 5.74) is 1.91.